The Hall–Kier alpha value is -2.59. The Morgan fingerprint density at radius 1 is 0.583 bits per heavy atom. The van der Waals surface area contributed by atoms with Crippen LogP contribution in [0.2, 0.25) is 0 Å². The summed E-state index contributed by atoms with van der Waals surface area (Å²) in [6.07, 6.45) is 0. The molecule has 0 saturated carbocycles. The molecule has 0 heterocycles. The number of rotatable bonds is 6. The largest absolute Gasteiger partial charge is 0.397 e. The average molecular weight is 543 g/mol. The van der Waals surface area contributed by atoms with E-state index in [-0.39, 0.29) is 25.7 Å². The second-order valence-corrected chi connectivity index (χ2v) is 4.43. The number of hydrogen-bond acceptors (Lipinski definition) is 6. The third-order valence-corrected chi connectivity index (χ3v) is 1.49. The van der Waals surface area contributed by atoms with Crippen LogP contribution in [0.4, 0.5) is 0 Å². The van der Waals surface area contributed by atoms with E-state index >= 15 is 0 Å². The van der Waals surface area contributed by atoms with Gasteiger partial charge in [0.05, 0.1) is 19.8 Å². The highest BCUT2D eigenvalue weighted by molar-refractivity contribution is 7.80. The highest BCUT2D eigenvalue weighted by Crippen LogP contribution is 1.95. The second kappa shape index (κ2) is 178. The van der Waals surface area contributed by atoms with Crippen molar-refractivity contribution in [1.82, 2.24) is 0 Å². The van der Waals surface area contributed by atoms with Crippen molar-refractivity contribution in [3.05, 3.63) is 118 Å². The van der Waals surface area contributed by atoms with E-state index in [4.69, 9.17) is 19.5 Å². The van der Waals surface area contributed by atoms with Gasteiger partial charge in [-0.05, 0) is 19.8 Å². The van der Waals surface area contributed by atoms with Crippen molar-refractivity contribution in [3.8, 4) is 0 Å². The lowest BCUT2D eigenvalue weighted by atomic mass is 10.2. The van der Waals surface area contributed by atoms with Gasteiger partial charge < -0.3 is 14.9 Å². The molecule has 7 nitrogen and oxygen atoms in total. The molecule has 0 unspecified atom stereocenters. The minimum absolute atomic E-state index is 0.0266. The van der Waals surface area contributed by atoms with Gasteiger partial charge in [-0.1, -0.05) is 13.8 Å². The van der Waals surface area contributed by atoms with E-state index in [1.807, 2.05) is 13.8 Å². The Bertz CT molecular complexity index is 317. The molecule has 0 saturated heterocycles. The lowest BCUT2D eigenvalue weighted by Crippen LogP contribution is -2.08. The summed E-state index contributed by atoms with van der Waals surface area (Å²) in [6, 6.07) is 0. The molecule has 0 spiro atoms. The van der Waals surface area contributed by atoms with Crippen molar-refractivity contribution >= 4 is 10.4 Å². The van der Waals surface area contributed by atoms with Crippen LogP contribution in [0.3, 0.4) is 0 Å². The summed E-state index contributed by atoms with van der Waals surface area (Å²) in [6.45, 7) is 63.0. The third kappa shape index (κ3) is 707. The van der Waals surface area contributed by atoms with Crippen LogP contribution in [-0.2, 0) is 19.3 Å². The summed E-state index contributed by atoms with van der Waals surface area (Å²) in [5.74, 6) is 0.104. The fourth-order valence-corrected chi connectivity index (χ4v) is 0.870. The number of aliphatic hydroxyl groups excluding tert-OH is 2. The molecule has 0 fully saturated rings. The van der Waals surface area contributed by atoms with Crippen molar-refractivity contribution in [1.29, 1.82) is 0 Å². The second-order valence-electron chi connectivity index (χ2n) is 3.33. The van der Waals surface area contributed by atoms with Gasteiger partial charge in [-0.2, -0.15) is 8.42 Å². The summed E-state index contributed by atoms with van der Waals surface area (Å²) in [5, 5.41) is 15.2. The maximum absolute atomic E-state index is 9.87. The molecule has 222 valence electrons. The highest BCUT2D eigenvalue weighted by Gasteiger charge is 2.04. The summed E-state index contributed by atoms with van der Waals surface area (Å²) in [4.78, 5) is 0. The first-order valence-electron chi connectivity index (χ1n) is 10.2. The lowest BCUT2D eigenvalue weighted by Gasteiger charge is -2.00. The zero-order valence-electron chi connectivity index (χ0n) is 24.2. The van der Waals surface area contributed by atoms with E-state index in [2.05, 4.69) is 123 Å². The molecule has 0 rings (SSSR count). The van der Waals surface area contributed by atoms with E-state index in [9.17, 15) is 8.42 Å². The first-order chi connectivity index (χ1) is 17.2. The smallest absolute Gasteiger partial charge is 0.394 e. The molecule has 0 aliphatic rings. The normalized spacial score (nSPS) is 6.11. The molecule has 0 aromatic rings. The molecule has 8 heteroatoms. The molecule has 0 amide bonds. The first-order valence-corrected chi connectivity index (χ1v) is 11.5. The van der Waals surface area contributed by atoms with Gasteiger partial charge in [-0.3, -0.25) is 4.55 Å². The molecule has 3 N–H and O–H groups in total. The highest BCUT2D eigenvalue weighted by atomic mass is 32.3. The predicted molar refractivity (Wildman–Crippen MR) is 170 cm³/mol. The van der Waals surface area contributed by atoms with Crippen LogP contribution in [0, 0.1) is 5.92 Å². The fraction of sp³-hybridized carbons (Fsp3) is 0.357. The minimum Gasteiger partial charge on any atom is -0.394 e. The molecule has 0 radical (unpaired) electrons. The minimum atomic E-state index is -4.22. The van der Waals surface area contributed by atoms with Gasteiger partial charge in [0.25, 0.3) is 0 Å². The van der Waals surface area contributed by atoms with Gasteiger partial charge in [0.15, 0.2) is 0 Å². The summed E-state index contributed by atoms with van der Waals surface area (Å²) >= 11 is 0. The Morgan fingerprint density at radius 2 is 0.778 bits per heavy atom. The Balaban J connectivity index is -0.0000000188. The van der Waals surface area contributed by atoms with Gasteiger partial charge in [-0.15, -0.1) is 118 Å². The Morgan fingerprint density at radius 3 is 0.806 bits per heavy atom. The van der Waals surface area contributed by atoms with Crippen LogP contribution in [-0.4, -0.2) is 56.2 Å². The SMILES string of the molecule is C=C.C=C.C=C.C=C.C=C.C=C.C=C.C=C.C=C.CC(C)COS(=O)(=O)O.CCOCC.OCCO. The summed E-state index contributed by atoms with van der Waals surface area (Å²) < 4.78 is 36.6. The van der Waals surface area contributed by atoms with Crippen LogP contribution in [0.1, 0.15) is 27.7 Å². The van der Waals surface area contributed by atoms with Crippen molar-refractivity contribution in [2.24, 2.45) is 5.92 Å². The van der Waals surface area contributed by atoms with E-state index in [1.54, 1.807) is 13.8 Å². The molecule has 0 atom stereocenters. The van der Waals surface area contributed by atoms with Crippen LogP contribution in [0.25, 0.3) is 0 Å². The molecule has 0 aliphatic heterocycles. The van der Waals surface area contributed by atoms with E-state index in [1.165, 1.54) is 0 Å². The number of ether oxygens (including phenoxy) is 1. The van der Waals surface area contributed by atoms with Gasteiger partial charge in [-0.25, -0.2) is 4.18 Å². The fourth-order valence-electron chi connectivity index (χ4n) is 0.426. The average Bonchev–Trinajstić information content (AvgIpc) is 2.98. The van der Waals surface area contributed by atoms with Crippen molar-refractivity contribution in [3.63, 3.8) is 0 Å². The van der Waals surface area contributed by atoms with E-state index in [0.29, 0.717) is 0 Å². The van der Waals surface area contributed by atoms with Gasteiger partial charge in [0, 0.05) is 13.2 Å². The van der Waals surface area contributed by atoms with Crippen LogP contribution in [0.15, 0.2) is 118 Å². The Kier molecular flexibility index (Phi) is 378. The van der Waals surface area contributed by atoms with Crippen LogP contribution < -0.4 is 0 Å². The Labute approximate surface area is 227 Å². The molecule has 0 aliphatic carbocycles. The maximum atomic E-state index is 9.87. The lowest BCUT2D eigenvalue weighted by molar-refractivity contribution is 0.162. The van der Waals surface area contributed by atoms with Crippen molar-refractivity contribution < 1.29 is 32.1 Å². The zero-order valence-corrected chi connectivity index (χ0v) is 25.0. The first kappa shape index (κ1) is 76.6. The molecule has 36 heavy (non-hydrogen) atoms. The summed E-state index contributed by atoms with van der Waals surface area (Å²) in [7, 11) is -4.22. The van der Waals surface area contributed by atoms with Gasteiger partial charge >= 0.3 is 10.4 Å². The topological polar surface area (TPSA) is 113 Å². The van der Waals surface area contributed by atoms with Crippen molar-refractivity contribution in [2.45, 2.75) is 27.7 Å². The molecule has 0 aromatic heterocycles. The monoisotopic (exact) mass is 542 g/mol. The number of hydrogen-bond donors (Lipinski definition) is 3. The molecule has 0 bridgehead atoms. The van der Waals surface area contributed by atoms with E-state index in [0.717, 1.165) is 13.2 Å². The third-order valence-electron chi connectivity index (χ3n) is 1.06. The molecular formula is C28H62O7S. The van der Waals surface area contributed by atoms with E-state index < -0.39 is 10.4 Å². The quantitative estimate of drug-likeness (QED) is 0.233. The zero-order chi connectivity index (χ0) is 33.0. The standard InChI is InChI=1S/C4H10O4S.C4H10O.C2H6O2.9C2H4/c1-4(2)3-8-9(5,6)7;1-3-5-4-2;3-1-2-4;9*1-2/h4H,3H2,1-2H3,(H,5,6,7);3-4H2,1-2H3;3-4H,1-2H2;9*1-2H2. The van der Waals surface area contributed by atoms with Crippen molar-refractivity contribution in [2.75, 3.05) is 33.0 Å². The number of aliphatic hydroxyl groups is 2. The van der Waals surface area contributed by atoms with Gasteiger partial charge in [0.1, 0.15) is 0 Å². The summed E-state index contributed by atoms with van der Waals surface area (Å²) in [5.41, 5.74) is 0. The maximum Gasteiger partial charge on any atom is 0.397 e. The molecular weight excluding hydrogens is 480 g/mol. The molecule has 0 aromatic carbocycles. The predicted octanol–water partition coefficient (Wildman–Crippen LogP) is 7.70. The van der Waals surface area contributed by atoms with Crippen LogP contribution >= 0.6 is 0 Å². The van der Waals surface area contributed by atoms with Gasteiger partial charge in [0.2, 0.25) is 0 Å². The van der Waals surface area contributed by atoms with Crippen LogP contribution in [0.5, 0.6) is 0 Å².